The zero-order chi connectivity index (χ0) is 17.2. The van der Waals surface area contributed by atoms with E-state index < -0.39 is 60.5 Å². The molecular formula is C11H17F2N3O6. The Bertz CT molecular complexity index is 479. The molecule has 6 unspecified atom stereocenters. The third-order valence-corrected chi connectivity index (χ3v) is 3.47. The van der Waals surface area contributed by atoms with Gasteiger partial charge >= 0.3 is 11.8 Å². The molecule has 0 spiro atoms. The predicted molar refractivity (Wildman–Crippen MR) is 67.3 cm³/mol. The van der Waals surface area contributed by atoms with Gasteiger partial charge in [-0.15, -0.1) is 0 Å². The van der Waals surface area contributed by atoms with Crippen molar-refractivity contribution >= 4 is 17.7 Å². The van der Waals surface area contributed by atoms with Crippen LogP contribution in [0.1, 0.15) is 6.92 Å². The average molecular weight is 325 g/mol. The topological polar surface area (TPSA) is 166 Å². The number of carbonyl (C=O) groups excluding carboxylic acids is 1. The summed E-state index contributed by atoms with van der Waals surface area (Å²) in [5, 5.41) is 36.4. The van der Waals surface area contributed by atoms with Gasteiger partial charge in [0.25, 0.3) is 0 Å². The number of carboxylic acids is 1. The van der Waals surface area contributed by atoms with Crippen LogP contribution in [0.2, 0.25) is 0 Å². The highest BCUT2D eigenvalue weighted by Crippen LogP contribution is 2.38. The van der Waals surface area contributed by atoms with E-state index in [1.165, 1.54) is 6.92 Å². The first-order valence-electron chi connectivity index (χ1n) is 6.22. The van der Waals surface area contributed by atoms with Gasteiger partial charge in [0.2, 0.25) is 0 Å². The Morgan fingerprint density at radius 2 is 2.09 bits per heavy atom. The molecular weight excluding hydrogens is 308 g/mol. The standard InChI is InChI=1S/C11H17F2N3O6/c1-3-5(16-10(14)15)8(12)11(13,9(20)21)22-7(3)6(19)4(18)2-17/h3,5-8,17,19H,2H2,1H3,(H,20,21)(H4,14,15,16). The van der Waals surface area contributed by atoms with Gasteiger partial charge < -0.3 is 31.1 Å². The van der Waals surface area contributed by atoms with Gasteiger partial charge in [0, 0.05) is 5.92 Å². The number of halogens is 2. The van der Waals surface area contributed by atoms with Crippen LogP contribution in [0.5, 0.6) is 0 Å². The Morgan fingerprint density at radius 3 is 2.50 bits per heavy atom. The van der Waals surface area contributed by atoms with E-state index in [1.54, 1.807) is 0 Å². The van der Waals surface area contributed by atoms with E-state index >= 15 is 0 Å². The van der Waals surface area contributed by atoms with Gasteiger partial charge in [0.05, 0.1) is 12.1 Å². The van der Waals surface area contributed by atoms with Gasteiger partial charge in [-0.2, -0.15) is 4.39 Å². The van der Waals surface area contributed by atoms with Crippen LogP contribution >= 0.6 is 0 Å². The van der Waals surface area contributed by atoms with Crippen LogP contribution in [0.4, 0.5) is 8.78 Å². The number of carbonyl (C=O) groups is 2. The molecule has 1 rings (SSSR count). The molecule has 11 heteroatoms. The molecule has 0 saturated carbocycles. The monoisotopic (exact) mass is 325 g/mol. The van der Waals surface area contributed by atoms with Crippen molar-refractivity contribution < 1.29 is 38.4 Å². The number of nitrogens with two attached hydrogens (primary N) is 1. The van der Waals surface area contributed by atoms with Crippen LogP contribution in [-0.4, -0.2) is 69.9 Å². The SMILES string of the molecule is CC1C(NC(=N)N)C(F)C(F)(C(=O)O)OC1C(O)C(=O)CO. The summed E-state index contributed by atoms with van der Waals surface area (Å²) in [4.78, 5) is 22.3. The number of rotatable bonds is 5. The Labute approximate surface area is 123 Å². The molecule has 0 amide bonds. The van der Waals surface area contributed by atoms with Gasteiger partial charge in [-0.1, -0.05) is 6.92 Å². The Kier molecular flexibility index (Phi) is 5.38. The summed E-state index contributed by atoms with van der Waals surface area (Å²) in [6, 6.07) is -1.64. The molecule has 0 aliphatic carbocycles. The number of alkyl halides is 2. The normalized spacial score (nSPS) is 36.4. The first-order valence-corrected chi connectivity index (χ1v) is 6.22. The zero-order valence-electron chi connectivity index (χ0n) is 11.5. The molecule has 22 heavy (non-hydrogen) atoms. The molecule has 0 aromatic heterocycles. The molecule has 0 radical (unpaired) electrons. The van der Waals surface area contributed by atoms with Crippen LogP contribution in [0.25, 0.3) is 0 Å². The van der Waals surface area contributed by atoms with E-state index in [4.69, 9.17) is 21.4 Å². The Hall–Kier alpha value is -1.85. The lowest BCUT2D eigenvalue weighted by Gasteiger charge is -2.45. The summed E-state index contributed by atoms with van der Waals surface area (Å²) in [6.45, 7) is 0.150. The third kappa shape index (κ3) is 3.15. The Balaban J connectivity index is 3.21. The number of Topliss-reactive ketones (excluding diaryl/α,β-unsaturated/α-hetero) is 1. The summed E-state index contributed by atoms with van der Waals surface area (Å²) >= 11 is 0. The molecule has 0 aromatic carbocycles. The fourth-order valence-corrected chi connectivity index (χ4v) is 2.25. The molecule has 1 saturated heterocycles. The Morgan fingerprint density at radius 1 is 1.55 bits per heavy atom. The number of guanidine groups is 1. The van der Waals surface area contributed by atoms with Gasteiger partial charge in [-0.25, -0.2) is 9.18 Å². The second-order valence-electron chi connectivity index (χ2n) is 4.95. The van der Waals surface area contributed by atoms with Crippen molar-refractivity contribution in [3.63, 3.8) is 0 Å². The largest absolute Gasteiger partial charge is 0.477 e. The number of ether oxygens (including phenoxy) is 1. The molecule has 9 nitrogen and oxygen atoms in total. The smallest absolute Gasteiger partial charge is 0.372 e. The van der Waals surface area contributed by atoms with Crippen LogP contribution in [-0.2, 0) is 14.3 Å². The van der Waals surface area contributed by atoms with E-state index in [0.29, 0.717) is 0 Å². The van der Waals surface area contributed by atoms with Gasteiger partial charge in [0.1, 0.15) is 12.7 Å². The van der Waals surface area contributed by atoms with Gasteiger partial charge in [-0.05, 0) is 0 Å². The van der Waals surface area contributed by atoms with E-state index in [1.807, 2.05) is 0 Å². The average Bonchev–Trinajstić information content (AvgIpc) is 2.45. The molecule has 126 valence electrons. The maximum atomic E-state index is 14.3. The fraction of sp³-hybridized carbons (Fsp3) is 0.727. The second-order valence-corrected chi connectivity index (χ2v) is 4.95. The number of nitrogens with one attached hydrogen (secondary N) is 2. The molecule has 6 atom stereocenters. The number of carboxylic acid groups (broad SMARTS) is 1. The van der Waals surface area contributed by atoms with E-state index in [0.717, 1.165) is 0 Å². The summed E-state index contributed by atoms with van der Waals surface area (Å²) in [7, 11) is 0. The van der Waals surface area contributed by atoms with Crippen molar-refractivity contribution in [2.24, 2.45) is 11.7 Å². The first kappa shape index (κ1) is 18.2. The number of hydrogen-bond acceptors (Lipinski definition) is 6. The molecule has 1 aliphatic heterocycles. The summed E-state index contributed by atoms with van der Waals surface area (Å²) < 4.78 is 33.0. The van der Waals surface area contributed by atoms with E-state index in [9.17, 15) is 23.5 Å². The highest BCUT2D eigenvalue weighted by Gasteiger charge is 2.61. The molecule has 1 fully saturated rings. The highest BCUT2D eigenvalue weighted by molar-refractivity contribution is 5.85. The minimum absolute atomic E-state index is 0.754. The lowest BCUT2D eigenvalue weighted by Crippen LogP contribution is -2.68. The number of aliphatic hydroxyl groups excluding tert-OH is 2. The number of aliphatic hydroxyl groups is 2. The van der Waals surface area contributed by atoms with Crippen molar-refractivity contribution in [2.45, 2.75) is 37.2 Å². The third-order valence-electron chi connectivity index (χ3n) is 3.47. The zero-order valence-corrected chi connectivity index (χ0v) is 11.5. The lowest BCUT2D eigenvalue weighted by molar-refractivity contribution is -0.275. The summed E-state index contributed by atoms with van der Waals surface area (Å²) in [5.41, 5.74) is 5.05. The number of aliphatic carboxylic acids is 1. The van der Waals surface area contributed by atoms with Crippen LogP contribution in [0, 0.1) is 11.3 Å². The van der Waals surface area contributed by atoms with Crippen molar-refractivity contribution in [3.8, 4) is 0 Å². The van der Waals surface area contributed by atoms with Crippen LogP contribution in [0.3, 0.4) is 0 Å². The second kappa shape index (κ2) is 6.50. The van der Waals surface area contributed by atoms with Crippen molar-refractivity contribution in [3.05, 3.63) is 0 Å². The van der Waals surface area contributed by atoms with E-state index in [-0.39, 0.29) is 0 Å². The van der Waals surface area contributed by atoms with Crippen molar-refractivity contribution in [1.82, 2.24) is 5.32 Å². The van der Waals surface area contributed by atoms with Gasteiger partial charge in [0.15, 0.2) is 17.9 Å². The molecule has 7 N–H and O–H groups in total. The predicted octanol–water partition coefficient (Wildman–Crippen LogP) is -2.12. The summed E-state index contributed by atoms with van der Waals surface area (Å²) in [6.07, 6.45) is -6.58. The van der Waals surface area contributed by atoms with Crippen molar-refractivity contribution in [2.75, 3.05) is 6.61 Å². The summed E-state index contributed by atoms with van der Waals surface area (Å²) in [5.74, 6) is -9.18. The minimum atomic E-state index is -3.85. The highest BCUT2D eigenvalue weighted by atomic mass is 19.2. The lowest BCUT2D eigenvalue weighted by atomic mass is 9.82. The molecule has 1 aliphatic rings. The van der Waals surface area contributed by atoms with Crippen LogP contribution in [0.15, 0.2) is 0 Å². The van der Waals surface area contributed by atoms with E-state index in [2.05, 4.69) is 10.1 Å². The minimum Gasteiger partial charge on any atom is -0.477 e. The molecule has 1 heterocycles. The van der Waals surface area contributed by atoms with Gasteiger partial charge in [-0.3, -0.25) is 10.2 Å². The number of ketones is 1. The molecule has 0 bridgehead atoms. The first-order chi connectivity index (χ1) is 10.1. The van der Waals surface area contributed by atoms with Crippen LogP contribution < -0.4 is 11.1 Å². The number of hydrogen-bond donors (Lipinski definition) is 6. The maximum absolute atomic E-state index is 14.3. The van der Waals surface area contributed by atoms with Crippen molar-refractivity contribution in [1.29, 1.82) is 5.41 Å². The quantitative estimate of drug-likeness (QED) is 0.246. The molecule has 0 aromatic rings. The maximum Gasteiger partial charge on any atom is 0.372 e. The fourth-order valence-electron chi connectivity index (χ4n) is 2.25.